The van der Waals surface area contributed by atoms with Crippen LogP contribution in [0.3, 0.4) is 0 Å². The predicted octanol–water partition coefficient (Wildman–Crippen LogP) is -1.47. The Morgan fingerprint density at radius 3 is 2.24 bits per heavy atom. The quantitative estimate of drug-likeness (QED) is 0.432. The number of nitrogens with zero attached hydrogens (tertiary/aromatic N) is 1. The van der Waals surface area contributed by atoms with Gasteiger partial charge >= 0.3 is 5.97 Å². The fourth-order valence-corrected chi connectivity index (χ4v) is 1.42. The molecule has 0 aromatic rings. The van der Waals surface area contributed by atoms with Gasteiger partial charge in [0, 0.05) is 31.7 Å². The summed E-state index contributed by atoms with van der Waals surface area (Å²) in [6.07, 6.45) is 2.00. The van der Waals surface area contributed by atoms with E-state index in [1.165, 1.54) is 0 Å². The number of ketones is 1. The van der Waals surface area contributed by atoms with Crippen LogP contribution in [0.2, 0.25) is 0 Å². The van der Waals surface area contributed by atoms with Crippen molar-refractivity contribution in [2.75, 3.05) is 13.1 Å². The number of carboxylic acid groups (broad SMARTS) is 1. The highest BCUT2D eigenvalue weighted by Crippen LogP contribution is 2.07. The Morgan fingerprint density at radius 2 is 1.82 bits per heavy atom. The summed E-state index contributed by atoms with van der Waals surface area (Å²) in [5.41, 5.74) is 5.15. The van der Waals surface area contributed by atoms with Crippen LogP contribution in [0.1, 0.15) is 6.42 Å². The number of carbonyl (C=O) groups is 4. The summed E-state index contributed by atoms with van der Waals surface area (Å²) in [5.74, 6) is -4.16. The minimum Gasteiger partial charge on any atom is -0.481 e. The number of imide groups is 1. The van der Waals surface area contributed by atoms with E-state index in [1.54, 1.807) is 0 Å². The first-order valence-electron chi connectivity index (χ1n) is 4.96. The van der Waals surface area contributed by atoms with Gasteiger partial charge in [0.15, 0.2) is 0 Å². The molecule has 3 N–H and O–H groups in total. The van der Waals surface area contributed by atoms with E-state index < -0.39 is 29.5 Å². The monoisotopic (exact) mass is 240 g/mol. The Balaban J connectivity index is 2.51. The lowest BCUT2D eigenvalue weighted by molar-refractivity contribution is -0.145. The molecule has 1 aliphatic heterocycles. The molecule has 0 saturated carbocycles. The first kappa shape index (κ1) is 13.0. The number of carboxylic acids is 1. The Kier molecular flexibility index (Phi) is 4.11. The van der Waals surface area contributed by atoms with Crippen LogP contribution in [0.5, 0.6) is 0 Å². The fraction of sp³-hybridized carbons (Fsp3) is 0.400. The number of Topliss-reactive ketones (excluding diaryl/α,β-unsaturated/α-hetero) is 1. The third kappa shape index (κ3) is 2.97. The maximum Gasteiger partial charge on any atom is 0.315 e. The summed E-state index contributed by atoms with van der Waals surface area (Å²) in [6, 6.07) is 0. The molecule has 0 fully saturated rings. The van der Waals surface area contributed by atoms with Crippen molar-refractivity contribution >= 4 is 23.6 Å². The van der Waals surface area contributed by atoms with E-state index in [4.69, 9.17) is 10.8 Å². The van der Waals surface area contributed by atoms with Crippen LogP contribution in [0.15, 0.2) is 12.2 Å². The molecule has 17 heavy (non-hydrogen) atoms. The minimum absolute atomic E-state index is 0.118. The number of rotatable bonds is 6. The van der Waals surface area contributed by atoms with Gasteiger partial charge in [-0.1, -0.05) is 0 Å². The molecular formula is C10H12N2O5. The molecule has 0 aliphatic carbocycles. The van der Waals surface area contributed by atoms with Crippen molar-refractivity contribution in [3.05, 3.63) is 12.2 Å². The molecule has 2 amide bonds. The SMILES string of the molecule is NCC(C(=O)O)C(=O)CCN1C(=O)C=CC1=O. The number of carbonyl (C=O) groups excluding carboxylic acids is 3. The summed E-state index contributed by atoms with van der Waals surface area (Å²) in [5, 5.41) is 8.68. The van der Waals surface area contributed by atoms with Gasteiger partial charge in [-0.15, -0.1) is 0 Å². The third-order valence-corrected chi connectivity index (χ3v) is 2.40. The maximum absolute atomic E-state index is 11.5. The van der Waals surface area contributed by atoms with Gasteiger partial charge in [0.25, 0.3) is 11.8 Å². The van der Waals surface area contributed by atoms with Gasteiger partial charge in [-0.2, -0.15) is 0 Å². The smallest absolute Gasteiger partial charge is 0.315 e. The Hall–Kier alpha value is -2.02. The summed E-state index contributed by atoms with van der Waals surface area (Å²) in [7, 11) is 0. The van der Waals surface area contributed by atoms with Crippen molar-refractivity contribution in [3.63, 3.8) is 0 Å². The average Bonchev–Trinajstić information content (AvgIpc) is 2.56. The van der Waals surface area contributed by atoms with E-state index in [-0.39, 0.29) is 19.5 Å². The van der Waals surface area contributed by atoms with Crippen molar-refractivity contribution < 1.29 is 24.3 Å². The van der Waals surface area contributed by atoms with Gasteiger partial charge in [0.1, 0.15) is 11.7 Å². The Bertz CT molecular complexity index is 384. The van der Waals surface area contributed by atoms with Crippen molar-refractivity contribution in [2.24, 2.45) is 11.7 Å². The Morgan fingerprint density at radius 1 is 1.29 bits per heavy atom. The largest absolute Gasteiger partial charge is 0.481 e. The molecule has 0 saturated heterocycles. The fourth-order valence-electron chi connectivity index (χ4n) is 1.42. The lowest BCUT2D eigenvalue weighted by Gasteiger charge is -2.14. The van der Waals surface area contributed by atoms with Crippen LogP contribution in [0, 0.1) is 5.92 Å². The van der Waals surface area contributed by atoms with E-state index >= 15 is 0 Å². The molecule has 7 nitrogen and oxygen atoms in total. The molecule has 92 valence electrons. The molecule has 7 heteroatoms. The van der Waals surface area contributed by atoms with Crippen LogP contribution in [-0.4, -0.2) is 46.7 Å². The predicted molar refractivity (Wildman–Crippen MR) is 55.7 cm³/mol. The van der Waals surface area contributed by atoms with Gasteiger partial charge in [0.2, 0.25) is 0 Å². The molecule has 0 bridgehead atoms. The van der Waals surface area contributed by atoms with Crippen molar-refractivity contribution in [3.8, 4) is 0 Å². The first-order chi connectivity index (χ1) is 7.97. The zero-order valence-electron chi connectivity index (χ0n) is 8.96. The highest BCUT2D eigenvalue weighted by Gasteiger charge is 2.28. The van der Waals surface area contributed by atoms with E-state index in [2.05, 4.69) is 0 Å². The van der Waals surface area contributed by atoms with Crippen LogP contribution in [0.25, 0.3) is 0 Å². The van der Waals surface area contributed by atoms with Crippen LogP contribution in [0.4, 0.5) is 0 Å². The van der Waals surface area contributed by atoms with E-state index in [9.17, 15) is 19.2 Å². The Labute approximate surface area is 96.9 Å². The highest BCUT2D eigenvalue weighted by atomic mass is 16.4. The van der Waals surface area contributed by atoms with Crippen molar-refractivity contribution in [2.45, 2.75) is 6.42 Å². The number of nitrogens with two attached hydrogens (primary N) is 1. The zero-order valence-corrected chi connectivity index (χ0v) is 8.96. The normalized spacial score (nSPS) is 16.4. The number of aliphatic carboxylic acids is 1. The van der Waals surface area contributed by atoms with E-state index in [1.807, 2.05) is 0 Å². The number of hydrogen-bond donors (Lipinski definition) is 2. The molecule has 1 aliphatic rings. The number of amides is 2. The summed E-state index contributed by atoms with van der Waals surface area (Å²) in [6.45, 7) is -0.415. The average molecular weight is 240 g/mol. The maximum atomic E-state index is 11.5. The second-order valence-electron chi connectivity index (χ2n) is 3.50. The second kappa shape index (κ2) is 5.35. The van der Waals surface area contributed by atoms with Crippen molar-refractivity contribution in [1.82, 2.24) is 4.90 Å². The van der Waals surface area contributed by atoms with Gasteiger partial charge in [-0.3, -0.25) is 24.1 Å². The van der Waals surface area contributed by atoms with Crippen LogP contribution < -0.4 is 5.73 Å². The standard InChI is InChI=1S/C10H12N2O5/c11-5-6(10(16)17)7(13)3-4-12-8(14)1-2-9(12)15/h1-2,6H,3-5,11H2,(H,16,17). The third-order valence-electron chi connectivity index (χ3n) is 2.40. The lowest BCUT2D eigenvalue weighted by atomic mass is 10.0. The van der Waals surface area contributed by atoms with Gasteiger partial charge < -0.3 is 10.8 Å². The molecule has 1 heterocycles. The number of hydrogen-bond acceptors (Lipinski definition) is 5. The lowest BCUT2D eigenvalue weighted by Crippen LogP contribution is -2.36. The molecule has 0 spiro atoms. The topological polar surface area (TPSA) is 118 Å². The molecule has 1 atom stereocenters. The van der Waals surface area contributed by atoms with Gasteiger partial charge in [-0.05, 0) is 0 Å². The summed E-state index contributed by atoms with van der Waals surface area (Å²) >= 11 is 0. The van der Waals surface area contributed by atoms with Crippen LogP contribution >= 0.6 is 0 Å². The van der Waals surface area contributed by atoms with E-state index in [0.717, 1.165) is 17.1 Å². The summed E-state index contributed by atoms with van der Waals surface area (Å²) < 4.78 is 0. The van der Waals surface area contributed by atoms with E-state index in [0.29, 0.717) is 0 Å². The molecule has 0 aromatic carbocycles. The molecule has 0 radical (unpaired) electrons. The first-order valence-corrected chi connectivity index (χ1v) is 4.96. The summed E-state index contributed by atoms with van der Waals surface area (Å²) in [4.78, 5) is 45.2. The zero-order chi connectivity index (χ0) is 13.0. The molecule has 1 rings (SSSR count). The van der Waals surface area contributed by atoms with Crippen LogP contribution in [-0.2, 0) is 19.2 Å². The van der Waals surface area contributed by atoms with Crippen molar-refractivity contribution in [1.29, 1.82) is 0 Å². The van der Waals surface area contributed by atoms with Gasteiger partial charge in [0.05, 0.1) is 0 Å². The highest BCUT2D eigenvalue weighted by molar-refractivity contribution is 6.13. The second-order valence-corrected chi connectivity index (χ2v) is 3.50. The molecule has 0 aromatic heterocycles. The molecule has 1 unspecified atom stereocenters. The minimum atomic E-state index is -1.30. The molecular weight excluding hydrogens is 228 g/mol. The van der Waals surface area contributed by atoms with Gasteiger partial charge in [-0.25, -0.2) is 0 Å².